The summed E-state index contributed by atoms with van der Waals surface area (Å²) in [5.41, 5.74) is -0.266. The molecule has 7 nitrogen and oxygen atoms in total. The van der Waals surface area contributed by atoms with Crippen LogP contribution in [-0.2, 0) is 11.2 Å². The molecule has 1 fully saturated rings. The van der Waals surface area contributed by atoms with Crippen LogP contribution >= 0.6 is 11.3 Å². The number of hydrogen-bond donors (Lipinski definition) is 4. The van der Waals surface area contributed by atoms with E-state index < -0.39 is 40.5 Å². The number of hydrogen-bond acceptors (Lipinski definition) is 6. The number of aliphatic carboxylic acids is 1. The van der Waals surface area contributed by atoms with Crippen molar-refractivity contribution in [3.8, 4) is 0 Å². The number of nitrogens with one attached hydrogen (secondary N) is 1. The van der Waals surface area contributed by atoms with Crippen molar-refractivity contribution in [2.24, 2.45) is 16.7 Å². The fraction of sp³-hybridized carbons (Fsp3) is 0.522. The van der Waals surface area contributed by atoms with Gasteiger partial charge in [0.05, 0.1) is 24.8 Å². The molecule has 4 N–H and O–H groups in total. The maximum Gasteiger partial charge on any atom is 0.304 e. The fourth-order valence-corrected chi connectivity index (χ4v) is 6.71. The highest BCUT2D eigenvalue weighted by atomic mass is 32.1. The van der Waals surface area contributed by atoms with E-state index in [1.54, 1.807) is 0 Å². The average molecular weight is 463 g/mol. The number of benzene rings is 1. The normalized spacial score (nSPS) is 31.5. The molecule has 1 saturated carbocycles. The van der Waals surface area contributed by atoms with E-state index in [0.717, 1.165) is 4.88 Å². The number of aromatic nitrogens is 1. The van der Waals surface area contributed by atoms with E-state index in [1.807, 2.05) is 13.8 Å². The van der Waals surface area contributed by atoms with E-state index in [9.17, 15) is 29.3 Å². The minimum absolute atomic E-state index is 0.118. The van der Waals surface area contributed by atoms with Crippen LogP contribution in [0.15, 0.2) is 24.3 Å². The molecule has 2 aliphatic carbocycles. The van der Waals surface area contributed by atoms with Gasteiger partial charge in [0.15, 0.2) is 5.13 Å². The second-order valence-electron chi connectivity index (χ2n) is 9.42. The molecule has 2 aliphatic rings. The lowest BCUT2D eigenvalue weighted by molar-refractivity contribution is -0.150. The fourth-order valence-electron chi connectivity index (χ4n) is 5.64. The highest BCUT2D eigenvalue weighted by Gasteiger charge is 2.59. The van der Waals surface area contributed by atoms with E-state index >= 15 is 0 Å². The zero-order chi connectivity index (χ0) is 23.3. The van der Waals surface area contributed by atoms with Crippen LogP contribution in [0.3, 0.4) is 0 Å². The van der Waals surface area contributed by atoms with Crippen molar-refractivity contribution >= 4 is 28.3 Å². The number of amides is 1. The quantitative estimate of drug-likeness (QED) is 0.541. The Balaban J connectivity index is 1.71. The third kappa shape index (κ3) is 3.72. The summed E-state index contributed by atoms with van der Waals surface area (Å²) in [6, 6.07) is 5.18. The summed E-state index contributed by atoms with van der Waals surface area (Å²) < 4.78 is 13.2. The Bertz CT molecular complexity index is 1040. The Morgan fingerprint density at radius 2 is 1.97 bits per heavy atom. The number of carboxylic acids is 1. The summed E-state index contributed by atoms with van der Waals surface area (Å²) in [4.78, 5) is 29.8. The van der Waals surface area contributed by atoms with Crippen molar-refractivity contribution in [1.29, 1.82) is 0 Å². The molecule has 0 spiro atoms. The minimum Gasteiger partial charge on any atom is -0.481 e. The van der Waals surface area contributed by atoms with Gasteiger partial charge in [-0.3, -0.25) is 14.9 Å². The van der Waals surface area contributed by atoms with Crippen molar-refractivity contribution < 1.29 is 29.3 Å². The van der Waals surface area contributed by atoms with Crippen LogP contribution in [0.2, 0.25) is 0 Å². The number of aliphatic hydroxyl groups is 2. The Kier molecular flexibility index (Phi) is 5.85. The standard InChI is InChI=1S/C23H27FN2O5S/c1-22-8-7-17(28)23(2,11-27)16(22)10-15-19(14(22)9-18(29)30)25-21(32-15)26-20(31)12-3-5-13(24)6-4-12/h3-6,14,16-17,27-28H,7-11H2,1-2H3,(H,29,30)(H,25,26,31). The van der Waals surface area contributed by atoms with Gasteiger partial charge in [-0.2, -0.15) is 0 Å². The van der Waals surface area contributed by atoms with Crippen LogP contribution in [0.5, 0.6) is 0 Å². The number of rotatable bonds is 5. The summed E-state index contributed by atoms with van der Waals surface area (Å²) >= 11 is 1.29. The van der Waals surface area contributed by atoms with Crippen LogP contribution in [0.25, 0.3) is 0 Å². The molecule has 172 valence electrons. The van der Waals surface area contributed by atoms with Gasteiger partial charge in [-0.15, -0.1) is 11.3 Å². The first-order valence-electron chi connectivity index (χ1n) is 10.7. The predicted molar refractivity (Wildman–Crippen MR) is 117 cm³/mol. The number of carbonyl (C=O) groups is 2. The zero-order valence-electron chi connectivity index (χ0n) is 18.0. The summed E-state index contributed by atoms with van der Waals surface area (Å²) in [7, 11) is 0. The SMILES string of the molecule is CC1(CO)C(O)CCC2(C)C(CC(=O)O)c3nc(NC(=O)c4ccc(F)cc4)sc3CC12. The lowest BCUT2D eigenvalue weighted by Crippen LogP contribution is -2.57. The highest BCUT2D eigenvalue weighted by molar-refractivity contribution is 7.15. The highest BCUT2D eigenvalue weighted by Crippen LogP contribution is 2.62. The first-order valence-corrected chi connectivity index (χ1v) is 11.5. The second kappa shape index (κ2) is 8.20. The molecule has 4 rings (SSSR count). The number of carboxylic acid groups (broad SMARTS) is 1. The van der Waals surface area contributed by atoms with Crippen LogP contribution in [0, 0.1) is 22.6 Å². The van der Waals surface area contributed by atoms with Crippen LogP contribution in [-0.4, -0.2) is 44.9 Å². The molecule has 0 bridgehead atoms. The number of nitrogens with zero attached hydrogens (tertiary/aromatic N) is 1. The van der Waals surface area contributed by atoms with Gasteiger partial charge < -0.3 is 15.3 Å². The molecule has 0 aliphatic heterocycles. The molecule has 2 aromatic rings. The van der Waals surface area contributed by atoms with Crippen molar-refractivity contribution in [2.45, 2.75) is 51.6 Å². The summed E-state index contributed by atoms with van der Waals surface area (Å²) in [6.07, 6.45) is 0.851. The summed E-state index contributed by atoms with van der Waals surface area (Å²) in [5, 5.41) is 33.6. The molecular formula is C23H27FN2O5S. The van der Waals surface area contributed by atoms with Crippen LogP contribution in [0.1, 0.15) is 60.0 Å². The van der Waals surface area contributed by atoms with Crippen molar-refractivity contribution in [1.82, 2.24) is 4.98 Å². The maximum atomic E-state index is 13.2. The Hall–Kier alpha value is -2.36. The Morgan fingerprint density at radius 3 is 2.59 bits per heavy atom. The number of thiazole rings is 1. The van der Waals surface area contributed by atoms with Crippen molar-refractivity contribution in [2.75, 3.05) is 11.9 Å². The van der Waals surface area contributed by atoms with Crippen LogP contribution in [0.4, 0.5) is 9.52 Å². The number of halogens is 1. The van der Waals surface area contributed by atoms with Gasteiger partial charge in [0.1, 0.15) is 5.82 Å². The zero-order valence-corrected chi connectivity index (χ0v) is 18.8. The summed E-state index contributed by atoms with van der Waals surface area (Å²) in [5.74, 6) is -2.34. The Labute approximate surface area is 189 Å². The molecule has 1 heterocycles. The third-order valence-corrected chi connectivity index (χ3v) is 8.61. The lowest BCUT2D eigenvalue weighted by Gasteiger charge is -2.58. The van der Waals surface area contributed by atoms with Gasteiger partial charge >= 0.3 is 5.97 Å². The van der Waals surface area contributed by atoms with Crippen molar-refractivity contribution in [3.05, 3.63) is 46.2 Å². The largest absolute Gasteiger partial charge is 0.481 e. The number of carbonyl (C=O) groups excluding carboxylic acids is 1. The van der Waals surface area contributed by atoms with Gasteiger partial charge in [-0.05, 0) is 54.9 Å². The third-order valence-electron chi connectivity index (χ3n) is 7.60. The molecule has 32 heavy (non-hydrogen) atoms. The molecule has 5 atom stereocenters. The Morgan fingerprint density at radius 1 is 1.28 bits per heavy atom. The molecule has 1 aromatic carbocycles. The molecule has 1 amide bonds. The van der Waals surface area contributed by atoms with E-state index in [1.165, 1.54) is 35.6 Å². The van der Waals surface area contributed by atoms with E-state index in [0.29, 0.717) is 35.7 Å². The van der Waals surface area contributed by atoms with E-state index in [4.69, 9.17) is 0 Å². The van der Waals surface area contributed by atoms with Gasteiger partial charge in [-0.1, -0.05) is 13.8 Å². The van der Waals surface area contributed by atoms with Crippen molar-refractivity contribution in [3.63, 3.8) is 0 Å². The van der Waals surface area contributed by atoms with E-state index in [-0.39, 0.29) is 18.9 Å². The molecule has 5 unspecified atom stereocenters. The lowest BCUT2D eigenvalue weighted by atomic mass is 9.47. The van der Waals surface area contributed by atoms with Crippen LogP contribution < -0.4 is 5.32 Å². The minimum atomic E-state index is -0.940. The second-order valence-corrected chi connectivity index (χ2v) is 10.5. The molecule has 9 heteroatoms. The first-order chi connectivity index (χ1) is 15.1. The number of aliphatic hydroxyl groups excluding tert-OH is 2. The van der Waals surface area contributed by atoms with Gasteiger partial charge in [0, 0.05) is 21.8 Å². The predicted octanol–water partition coefficient (Wildman–Crippen LogP) is 3.42. The van der Waals surface area contributed by atoms with Gasteiger partial charge in [0.25, 0.3) is 5.91 Å². The topological polar surface area (TPSA) is 120 Å². The molecular weight excluding hydrogens is 435 g/mol. The van der Waals surface area contributed by atoms with Gasteiger partial charge in [-0.25, -0.2) is 9.37 Å². The molecule has 0 saturated heterocycles. The van der Waals surface area contributed by atoms with E-state index in [2.05, 4.69) is 10.3 Å². The maximum absolute atomic E-state index is 13.2. The molecule has 1 aromatic heterocycles. The monoisotopic (exact) mass is 462 g/mol. The number of fused-ring (bicyclic) bond motifs is 2. The number of anilines is 1. The average Bonchev–Trinajstić information content (AvgIpc) is 3.15. The molecule has 0 radical (unpaired) electrons. The summed E-state index contributed by atoms with van der Waals surface area (Å²) in [6.45, 7) is 3.70. The smallest absolute Gasteiger partial charge is 0.304 e. The van der Waals surface area contributed by atoms with Gasteiger partial charge in [0.2, 0.25) is 0 Å². The first kappa shape index (κ1) is 22.8.